The number of nitrogens with one attached hydrogen (secondary N) is 1. The van der Waals surface area contributed by atoms with Crippen molar-refractivity contribution in [1.82, 2.24) is 10.2 Å². The van der Waals surface area contributed by atoms with Crippen LogP contribution in [0.4, 0.5) is 13.6 Å². The van der Waals surface area contributed by atoms with E-state index in [1.54, 1.807) is 0 Å². The van der Waals surface area contributed by atoms with E-state index in [-0.39, 0.29) is 0 Å². The second-order valence-electron chi connectivity index (χ2n) is 3.82. The van der Waals surface area contributed by atoms with Crippen molar-refractivity contribution in [3.8, 4) is 0 Å². The van der Waals surface area contributed by atoms with Gasteiger partial charge in [-0.25, -0.2) is 13.6 Å². The molecule has 0 bridgehead atoms. The maximum Gasteiger partial charge on any atom is 0.331 e. The Morgan fingerprint density at radius 3 is 2.32 bits per heavy atom. The van der Waals surface area contributed by atoms with E-state index >= 15 is 0 Å². The molecule has 19 heavy (non-hydrogen) atoms. The van der Waals surface area contributed by atoms with Crippen LogP contribution in [0.2, 0.25) is 0 Å². The summed E-state index contributed by atoms with van der Waals surface area (Å²) >= 11 is 0. The van der Waals surface area contributed by atoms with Crippen LogP contribution in [-0.4, -0.2) is 29.8 Å². The van der Waals surface area contributed by atoms with Gasteiger partial charge in [-0.05, 0) is 18.2 Å². The van der Waals surface area contributed by atoms with Gasteiger partial charge >= 0.3 is 6.03 Å². The maximum absolute atomic E-state index is 13.4. The first-order valence-electron chi connectivity index (χ1n) is 5.21. The van der Waals surface area contributed by atoms with Gasteiger partial charge in [0.2, 0.25) is 0 Å². The van der Waals surface area contributed by atoms with Crippen molar-refractivity contribution in [3.05, 3.63) is 41.0 Å². The highest BCUT2D eigenvalue weighted by molar-refractivity contribution is 6.30. The Hall–Kier alpha value is -2.57. The quantitative estimate of drug-likeness (QED) is 0.610. The molecular formula is C12H8F2N2O3. The summed E-state index contributed by atoms with van der Waals surface area (Å²) in [6.45, 7) is 0. The Morgan fingerprint density at radius 2 is 1.74 bits per heavy atom. The third-order valence-electron chi connectivity index (χ3n) is 2.59. The molecule has 1 fully saturated rings. The van der Waals surface area contributed by atoms with Crippen LogP contribution in [0.1, 0.15) is 5.56 Å². The minimum Gasteiger partial charge on any atom is -0.273 e. The molecule has 0 radical (unpaired) electrons. The summed E-state index contributed by atoms with van der Waals surface area (Å²) in [5.74, 6) is -3.73. The first kappa shape index (κ1) is 12.9. The molecule has 0 aromatic heterocycles. The number of imide groups is 2. The van der Waals surface area contributed by atoms with Gasteiger partial charge in [0.1, 0.15) is 17.2 Å². The fourth-order valence-corrected chi connectivity index (χ4v) is 1.54. The lowest BCUT2D eigenvalue weighted by molar-refractivity contribution is -0.129. The van der Waals surface area contributed by atoms with Crippen molar-refractivity contribution in [2.24, 2.45) is 0 Å². The summed E-state index contributed by atoms with van der Waals surface area (Å²) in [7, 11) is 1.15. The number of hydrogen-bond donors (Lipinski definition) is 1. The highest BCUT2D eigenvalue weighted by atomic mass is 19.1. The summed E-state index contributed by atoms with van der Waals surface area (Å²) < 4.78 is 26.9. The molecule has 4 amide bonds. The SMILES string of the molecule is CN1C(=O)NC(=O)C(=Cc2c(F)cccc2F)C1=O. The monoisotopic (exact) mass is 266 g/mol. The van der Waals surface area contributed by atoms with E-state index in [9.17, 15) is 23.2 Å². The van der Waals surface area contributed by atoms with E-state index in [2.05, 4.69) is 0 Å². The van der Waals surface area contributed by atoms with Gasteiger partial charge < -0.3 is 0 Å². The lowest BCUT2D eigenvalue weighted by atomic mass is 10.1. The van der Waals surface area contributed by atoms with E-state index in [1.165, 1.54) is 0 Å². The van der Waals surface area contributed by atoms with Gasteiger partial charge in [-0.2, -0.15) is 0 Å². The maximum atomic E-state index is 13.4. The highest BCUT2D eigenvalue weighted by Gasteiger charge is 2.33. The first-order valence-corrected chi connectivity index (χ1v) is 5.21. The Bertz CT molecular complexity index is 605. The highest BCUT2D eigenvalue weighted by Crippen LogP contribution is 2.18. The second kappa shape index (κ2) is 4.60. The molecule has 1 heterocycles. The van der Waals surface area contributed by atoms with Crippen molar-refractivity contribution in [3.63, 3.8) is 0 Å². The smallest absolute Gasteiger partial charge is 0.273 e. The van der Waals surface area contributed by atoms with Gasteiger partial charge in [0.25, 0.3) is 11.8 Å². The molecule has 0 atom stereocenters. The van der Waals surface area contributed by atoms with Gasteiger partial charge in [0.05, 0.1) is 0 Å². The summed E-state index contributed by atoms with van der Waals surface area (Å²) in [6, 6.07) is 2.26. The van der Waals surface area contributed by atoms with Crippen molar-refractivity contribution < 1.29 is 23.2 Å². The fourth-order valence-electron chi connectivity index (χ4n) is 1.54. The van der Waals surface area contributed by atoms with Crippen LogP contribution in [-0.2, 0) is 9.59 Å². The van der Waals surface area contributed by atoms with Crippen LogP contribution in [0.3, 0.4) is 0 Å². The van der Waals surface area contributed by atoms with Crippen LogP contribution in [0.5, 0.6) is 0 Å². The molecule has 98 valence electrons. The van der Waals surface area contributed by atoms with Gasteiger partial charge in [-0.15, -0.1) is 0 Å². The van der Waals surface area contributed by atoms with Gasteiger partial charge in [-0.1, -0.05) is 6.07 Å². The molecule has 0 unspecified atom stereocenters. The van der Waals surface area contributed by atoms with Crippen molar-refractivity contribution in [2.75, 3.05) is 7.05 Å². The summed E-state index contributed by atoms with van der Waals surface area (Å²) in [5.41, 5.74) is -1.02. The second-order valence-corrected chi connectivity index (χ2v) is 3.82. The van der Waals surface area contributed by atoms with Gasteiger partial charge in [0, 0.05) is 12.6 Å². The molecule has 1 aliphatic rings. The van der Waals surface area contributed by atoms with Crippen LogP contribution in [0.15, 0.2) is 23.8 Å². The molecule has 1 aromatic carbocycles. The Morgan fingerprint density at radius 1 is 1.16 bits per heavy atom. The Balaban J connectivity index is 2.51. The predicted octanol–water partition coefficient (Wildman–Crippen LogP) is 1.06. The lowest BCUT2D eigenvalue weighted by Gasteiger charge is -2.22. The summed E-state index contributed by atoms with van der Waals surface area (Å²) in [6.07, 6.45) is 0.783. The number of urea groups is 1. The number of benzene rings is 1. The standard InChI is InChI=1S/C12H8F2N2O3/c1-16-11(18)7(10(17)15-12(16)19)5-6-8(13)3-2-4-9(6)14/h2-5H,1H3,(H,15,17,19). The minimum atomic E-state index is -0.990. The molecule has 0 saturated carbocycles. The van der Waals surface area contributed by atoms with E-state index in [0.29, 0.717) is 4.90 Å². The van der Waals surface area contributed by atoms with Crippen LogP contribution < -0.4 is 5.32 Å². The van der Waals surface area contributed by atoms with Crippen LogP contribution >= 0.6 is 0 Å². The third kappa shape index (κ3) is 2.22. The minimum absolute atomic E-state index is 0.508. The molecule has 1 N–H and O–H groups in total. The number of barbiturate groups is 1. The zero-order valence-corrected chi connectivity index (χ0v) is 9.74. The van der Waals surface area contributed by atoms with Crippen molar-refractivity contribution in [2.45, 2.75) is 0 Å². The molecular weight excluding hydrogens is 258 g/mol. The Labute approximate surface area is 106 Å². The van der Waals surface area contributed by atoms with Gasteiger partial charge in [0.15, 0.2) is 0 Å². The lowest BCUT2D eigenvalue weighted by Crippen LogP contribution is -2.52. The van der Waals surface area contributed by atoms with Crippen molar-refractivity contribution >= 4 is 23.9 Å². The van der Waals surface area contributed by atoms with E-state index in [1.807, 2.05) is 5.32 Å². The molecule has 0 aliphatic carbocycles. The summed E-state index contributed by atoms with van der Waals surface area (Å²) in [5, 5.41) is 1.88. The average molecular weight is 266 g/mol. The van der Waals surface area contributed by atoms with Crippen LogP contribution in [0.25, 0.3) is 6.08 Å². The largest absolute Gasteiger partial charge is 0.331 e. The molecule has 1 saturated heterocycles. The molecule has 0 spiro atoms. The number of likely N-dealkylation sites (N-methyl/N-ethyl adjacent to an activating group) is 1. The molecule has 5 nitrogen and oxygen atoms in total. The normalized spacial score (nSPS) is 17.9. The number of carbonyl (C=O) groups excluding carboxylic acids is 3. The van der Waals surface area contributed by atoms with Crippen LogP contribution in [0, 0.1) is 11.6 Å². The third-order valence-corrected chi connectivity index (χ3v) is 2.59. The number of hydrogen-bond acceptors (Lipinski definition) is 3. The zero-order chi connectivity index (χ0) is 14.2. The number of nitrogens with zero attached hydrogens (tertiary/aromatic N) is 1. The zero-order valence-electron chi connectivity index (χ0n) is 9.74. The van der Waals surface area contributed by atoms with Gasteiger partial charge in [-0.3, -0.25) is 19.8 Å². The number of carbonyl (C=O) groups is 3. The van der Waals surface area contributed by atoms with E-state index in [0.717, 1.165) is 31.3 Å². The molecule has 1 aromatic rings. The predicted molar refractivity (Wildman–Crippen MR) is 60.6 cm³/mol. The molecule has 7 heteroatoms. The topological polar surface area (TPSA) is 66.5 Å². The number of halogens is 2. The molecule has 2 rings (SSSR count). The number of rotatable bonds is 1. The Kier molecular flexibility index (Phi) is 3.12. The first-order chi connectivity index (χ1) is 8.91. The van der Waals surface area contributed by atoms with Crippen molar-refractivity contribution in [1.29, 1.82) is 0 Å². The average Bonchev–Trinajstić information content (AvgIpc) is 2.35. The van der Waals surface area contributed by atoms with E-state index < -0.39 is 40.6 Å². The summed E-state index contributed by atoms with van der Waals surface area (Å²) in [4.78, 5) is 35.0. The fraction of sp³-hybridized carbons (Fsp3) is 0.0833. The number of amides is 4. The molecule has 1 aliphatic heterocycles. The van der Waals surface area contributed by atoms with E-state index in [4.69, 9.17) is 0 Å².